The molecule has 0 saturated heterocycles. The average Bonchev–Trinajstić information content (AvgIpc) is 2.79. The number of carbonyl (C=O) groups excluding carboxylic acids is 1. The number of fused-ring (bicyclic) bond motifs is 3. The number of phenols is 1. The number of phenolic OH excluding ortho intramolecular Hbond substituents is 1. The third-order valence-corrected chi connectivity index (χ3v) is 10.5. The summed E-state index contributed by atoms with van der Waals surface area (Å²) in [5.41, 5.74) is 0.889. The van der Waals surface area contributed by atoms with Gasteiger partial charge in [-0.1, -0.05) is 54.2 Å². The number of rotatable bonds is 2. The third kappa shape index (κ3) is 3.76. The predicted octanol–water partition coefficient (Wildman–Crippen LogP) is 6.36. The van der Waals surface area contributed by atoms with E-state index in [0.717, 1.165) is 12.8 Å². The molecule has 5 nitrogen and oxygen atoms in total. The van der Waals surface area contributed by atoms with Crippen molar-refractivity contribution in [3.63, 3.8) is 0 Å². The smallest absolute Gasteiger partial charge is 0.206 e. The van der Waals surface area contributed by atoms with Crippen molar-refractivity contribution in [1.82, 2.24) is 4.98 Å². The summed E-state index contributed by atoms with van der Waals surface area (Å²) in [5.74, 6) is 1.53. The van der Waals surface area contributed by atoms with Gasteiger partial charge in [-0.2, -0.15) is 0 Å². The summed E-state index contributed by atoms with van der Waals surface area (Å²) in [6.45, 7) is 6.55. The molecule has 2 N–H and O–H groups in total. The molecule has 1 aromatic carbocycles. The number of aromatic amines is 1. The van der Waals surface area contributed by atoms with Crippen molar-refractivity contribution in [2.75, 3.05) is 0 Å². The lowest BCUT2D eigenvalue weighted by molar-refractivity contribution is -0.0427. The van der Waals surface area contributed by atoms with Crippen LogP contribution in [0.1, 0.15) is 50.4 Å². The maximum atomic E-state index is 14.1. The molecule has 5 rings (SSSR count). The molecule has 2 aromatic rings. The highest BCUT2D eigenvalue weighted by atomic mass is 127. The lowest BCUT2D eigenvalue weighted by atomic mass is 9.53. The van der Waals surface area contributed by atoms with Crippen molar-refractivity contribution in [2.24, 2.45) is 29.6 Å². The molecule has 7 heteroatoms. The van der Waals surface area contributed by atoms with Gasteiger partial charge in [0.1, 0.15) is 17.4 Å². The molecular formula is C27H29I2NO4. The summed E-state index contributed by atoms with van der Waals surface area (Å²) in [5, 5.41) is 9.89. The van der Waals surface area contributed by atoms with Crippen LogP contribution in [0.5, 0.6) is 11.6 Å². The molecule has 1 aromatic heterocycles. The fraction of sp³-hybridized carbons (Fsp3) is 0.481. The zero-order valence-corrected chi connectivity index (χ0v) is 23.8. The summed E-state index contributed by atoms with van der Waals surface area (Å²) in [6.07, 6.45) is 9.02. The largest absolute Gasteiger partial charge is 0.507 e. The summed E-state index contributed by atoms with van der Waals surface area (Å²) in [7, 11) is 0. The lowest BCUT2D eigenvalue weighted by Gasteiger charge is -2.57. The topological polar surface area (TPSA) is 79.4 Å². The minimum Gasteiger partial charge on any atom is -0.507 e. The predicted molar refractivity (Wildman–Crippen MR) is 150 cm³/mol. The number of ketones is 1. The number of alkyl halides is 1. The number of benzene rings is 1. The highest BCUT2D eigenvalue weighted by Crippen LogP contribution is 2.58. The maximum absolute atomic E-state index is 14.1. The molecule has 2 saturated carbocycles. The summed E-state index contributed by atoms with van der Waals surface area (Å²) >= 11 is 4.56. The molecule has 2 fully saturated rings. The van der Waals surface area contributed by atoms with E-state index in [0.29, 0.717) is 38.3 Å². The zero-order valence-electron chi connectivity index (χ0n) is 19.5. The van der Waals surface area contributed by atoms with Gasteiger partial charge in [0.25, 0.3) is 0 Å². The van der Waals surface area contributed by atoms with Gasteiger partial charge >= 0.3 is 0 Å². The number of nitrogens with one attached hydrogen (secondary N) is 1. The van der Waals surface area contributed by atoms with Crippen LogP contribution < -0.4 is 10.2 Å². The van der Waals surface area contributed by atoms with Crippen LogP contribution in [-0.4, -0.2) is 25.4 Å². The second-order valence-electron chi connectivity index (χ2n) is 10.3. The van der Waals surface area contributed by atoms with E-state index in [-0.39, 0.29) is 43.9 Å². The highest BCUT2D eigenvalue weighted by Gasteiger charge is 2.61. The van der Waals surface area contributed by atoms with E-state index in [1.54, 1.807) is 24.4 Å². The Balaban J connectivity index is 1.64. The van der Waals surface area contributed by atoms with Crippen molar-refractivity contribution in [3.05, 3.63) is 55.9 Å². The number of hydrogen-bond acceptors (Lipinski definition) is 4. The van der Waals surface area contributed by atoms with E-state index in [1.165, 1.54) is 6.42 Å². The van der Waals surface area contributed by atoms with Gasteiger partial charge in [-0.05, 0) is 90.6 Å². The van der Waals surface area contributed by atoms with Gasteiger partial charge in [-0.25, -0.2) is 0 Å². The Bertz CT molecular complexity index is 1230. The van der Waals surface area contributed by atoms with Crippen LogP contribution in [0.4, 0.5) is 0 Å². The monoisotopic (exact) mass is 685 g/mol. The molecule has 2 heterocycles. The molecule has 34 heavy (non-hydrogen) atoms. The number of allylic oxidation sites excluding steroid dienone is 2. The van der Waals surface area contributed by atoms with Crippen LogP contribution >= 0.6 is 45.2 Å². The van der Waals surface area contributed by atoms with E-state index in [1.807, 2.05) is 29.5 Å². The number of Topliss-reactive ketones (excluding diaryl/α,β-unsaturated/α-hetero) is 1. The molecule has 3 aliphatic rings. The summed E-state index contributed by atoms with van der Waals surface area (Å²) < 4.78 is 6.97. The number of ether oxygens (including phenoxy) is 1. The molecule has 0 radical (unpaired) electrons. The number of carbonyl (C=O) groups is 1. The Morgan fingerprint density at radius 1 is 1.26 bits per heavy atom. The number of aromatic nitrogens is 1. The van der Waals surface area contributed by atoms with E-state index in [2.05, 4.69) is 53.6 Å². The molecular weight excluding hydrogens is 656 g/mol. The Kier molecular flexibility index (Phi) is 6.40. The van der Waals surface area contributed by atoms with Gasteiger partial charge in [-0.3, -0.25) is 9.59 Å². The van der Waals surface area contributed by atoms with Crippen LogP contribution in [-0.2, 0) is 0 Å². The van der Waals surface area contributed by atoms with Crippen molar-refractivity contribution >= 4 is 51.0 Å². The Hall–Kier alpha value is -1.36. The summed E-state index contributed by atoms with van der Waals surface area (Å²) in [6, 6.07) is 5.02. The molecule has 7 atom stereocenters. The SMILES string of the molecule is C/C=C/[C@@H]1[C@H]2C[C@@H](C)CC[C@@H]2[C@](C)(I)[C@H]2Oc3[nH]cc(-c4ccc(O)c(I)c4)c(=O)c3C(=O)[C@@H]12. The van der Waals surface area contributed by atoms with Crippen molar-refractivity contribution in [1.29, 1.82) is 0 Å². The third-order valence-electron chi connectivity index (χ3n) is 8.19. The summed E-state index contributed by atoms with van der Waals surface area (Å²) in [4.78, 5) is 30.9. The van der Waals surface area contributed by atoms with Gasteiger partial charge in [0, 0.05) is 11.8 Å². The van der Waals surface area contributed by atoms with Crippen LogP contribution in [0, 0.1) is 33.2 Å². The lowest BCUT2D eigenvalue weighted by Crippen LogP contribution is -2.63. The zero-order chi connectivity index (χ0) is 24.4. The van der Waals surface area contributed by atoms with Gasteiger partial charge in [0.05, 0.1) is 12.9 Å². The first-order chi connectivity index (χ1) is 16.1. The molecule has 2 aliphatic carbocycles. The first-order valence-corrected chi connectivity index (χ1v) is 14.1. The number of aromatic hydroxyl groups is 1. The number of hydrogen-bond donors (Lipinski definition) is 2. The van der Waals surface area contributed by atoms with Crippen molar-refractivity contribution in [3.8, 4) is 22.8 Å². The van der Waals surface area contributed by atoms with Crippen LogP contribution in [0.3, 0.4) is 0 Å². The van der Waals surface area contributed by atoms with E-state index < -0.39 is 0 Å². The van der Waals surface area contributed by atoms with Gasteiger partial charge in [-0.15, -0.1) is 0 Å². The first-order valence-electron chi connectivity index (χ1n) is 11.9. The molecule has 0 spiro atoms. The standard InChI is InChI=1S/C27H29I2NO4/c1-4-5-15-16-10-13(2)6-8-18(16)27(3,29)25-21(15)24(33)22-23(32)17(12-30-26(22)34-25)14-7-9-20(31)19(28)11-14/h4-5,7,9,11-13,15-16,18,21,25,31H,6,8,10H2,1-3H3,(H,30,32)/b5-4+/t13-,15+,16+,18-,21+,25-,27-/m0/s1. The molecule has 0 unspecified atom stereocenters. The van der Waals surface area contributed by atoms with E-state index in [4.69, 9.17) is 4.74 Å². The number of halogens is 2. The van der Waals surface area contributed by atoms with E-state index >= 15 is 0 Å². The quantitative estimate of drug-likeness (QED) is 0.219. The normalized spacial score (nSPS) is 34.8. The van der Waals surface area contributed by atoms with Gasteiger partial charge < -0.3 is 14.8 Å². The molecule has 180 valence electrons. The van der Waals surface area contributed by atoms with Gasteiger partial charge in [0.2, 0.25) is 11.3 Å². The number of pyridine rings is 1. The highest BCUT2D eigenvalue weighted by molar-refractivity contribution is 14.1. The maximum Gasteiger partial charge on any atom is 0.206 e. The second kappa shape index (κ2) is 8.94. The fourth-order valence-corrected chi connectivity index (χ4v) is 8.38. The van der Waals surface area contributed by atoms with E-state index in [9.17, 15) is 14.7 Å². The minimum absolute atomic E-state index is 0.0592. The Labute approximate surface area is 227 Å². The molecule has 1 aliphatic heterocycles. The van der Waals surface area contributed by atoms with Crippen LogP contribution in [0.15, 0.2) is 41.3 Å². The second-order valence-corrected chi connectivity index (χ2v) is 13.8. The minimum atomic E-state index is -0.381. The first kappa shape index (κ1) is 24.3. The average molecular weight is 685 g/mol. The number of H-pyrrole nitrogens is 1. The molecule has 0 bridgehead atoms. The van der Waals surface area contributed by atoms with Gasteiger partial charge in [0.15, 0.2) is 5.78 Å². The van der Waals surface area contributed by atoms with Crippen molar-refractivity contribution in [2.45, 2.75) is 49.6 Å². The molecule has 0 amide bonds. The van der Waals surface area contributed by atoms with Crippen LogP contribution in [0.25, 0.3) is 11.1 Å². The Morgan fingerprint density at radius 3 is 2.74 bits per heavy atom. The Morgan fingerprint density at radius 2 is 2.03 bits per heavy atom. The van der Waals surface area contributed by atoms with Crippen LogP contribution in [0.2, 0.25) is 0 Å². The van der Waals surface area contributed by atoms with Crippen molar-refractivity contribution < 1.29 is 14.6 Å². The fourth-order valence-electron chi connectivity index (χ4n) is 6.58.